The van der Waals surface area contributed by atoms with Crippen LogP contribution in [0.15, 0.2) is 24.5 Å². The molecular weight excluding hydrogens is 344 g/mol. The number of nitrogens with one attached hydrogen (secondary N) is 3. The Bertz CT molecular complexity index is 783. The van der Waals surface area contributed by atoms with Gasteiger partial charge in [0.05, 0.1) is 29.6 Å². The standard InChI is InChI=1S/C20H26N4O3/c1-2-9-21-10-4-11-27-18-8-7-14(12-23-18)24-20(26)15-13-22-16-5-3-6-17(25)19(15)16/h7-8,12-13,21-22H,2-6,9-11H2,1H3,(H,24,26). The summed E-state index contributed by atoms with van der Waals surface area (Å²) in [6.07, 6.45) is 7.32. The van der Waals surface area contributed by atoms with Gasteiger partial charge in [0, 0.05) is 24.4 Å². The Balaban J connectivity index is 1.52. The minimum absolute atomic E-state index is 0.0259. The highest BCUT2D eigenvalue weighted by molar-refractivity contribution is 6.13. The average molecular weight is 370 g/mol. The van der Waals surface area contributed by atoms with E-state index in [0.29, 0.717) is 35.7 Å². The molecule has 0 aromatic carbocycles. The smallest absolute Gasteiger partial charge is 0.257 e. The maximum Gasteiger partial charge on any atom is 0.257 e. The molecule has 7 nitrogen and oxygen atoms in total. The van der Waals surface area contributed by atoms with Crippen molar-refractivity contribution in [2.75, 3.05) is 25.0 Å². The van der Waals surface area contributed by atoms with Crippen LogP contribution in [0.4, 0.5) is 5.69 Å². The lowest BCUT2D eigenvalue weighted by atomic mass is 9.93. The minimum atomic E-state index is -0.305. The van der Waals surface area contributed by atoms with Crippen LogP contribution in [0.5, 0.6) is 5.88 Å². The fraction of sp³-hybridized carbons (Fsp3) is 0.450. The molecule has 3 rings (SSSR count). The van der Waals surface area contributed by atoms with Crippen LogP contribution in [0.1, 0.15) is 59.0 Å². The Hall–Kier alpha value is -2.67. The van der Waals surface area contributed by atoms with Gasteiger partial charge in [-0.2, -0.15) is 0 Å². The molecule has 0 unspecified atom stereocenters. The number of anilines is 1. The summed E-state index contributed by atoms with van der Waals surface area (Å²) in [6, 6.07) is 3.48. The monoisotopic (exact) mass is 370 g/mol. The van der Waals surface area contributed by atoms with Crippen molar-refractivity contribution in [3.63, 3.8) is 0 Å². The number of ether oxygens (including phenoxy) is 1. The molecule has 2 heterocycles. The van der Waals surface area contributed by atoms with Crippen LogP contribution in [0.2, 0.25) is 0 Å². The first-order valence-corrected chi connectivity index (χ1v) is 9.53. The van der Waals surface area contributed by atoms with E-state index in [2.05, 4.69) is 27.5 Å². The van der Waals surface area contributed by atoms with Crippen molar-refractivity contribution in [1.82, 2.24) is 15.3 Å². The Kier molecular flexibility index (Phi) is 6.59. The van der Waals surface area contributed by atoms with Crippen LogP contribution < -0.4 is 15.4 Å². The van der Waals surface area contributed by atoms with E-state index in [9.17, 15) is 9.59 Å². The molecular formula is C20H26N4O3. The van der Waals surface area contributed by atoms with Crippen molar-refractivity contribution in [3.8, 4) is 5.88 Å². The lowest BCUT2D eigenvalue weighted by Crippen LogP contribution is -2.18. The van der Waals surface area contributed by atoms with Crippen molar-refractivity contribution in [2.24, 2.45) is 0 Å². The highest BCUT2D eigenvalue weighted by atomic mass is 16.5. The summed E-state index contributed by atoms with van der Waals surface area (Å²) in [5.74, 6) is 0.246. The van der Waals surface area contributed by atoms with Gasteiger partial charge < -0.3 is 20.4 Å². The number of rotatable bonds is 9. The van der Waals surface area contributed by atoms with Gasteiger partial charge in [-0.25, -0.2) is 4.98 Å². The molecule has 144 valence electrons. The Morgan fingerprint density at radius 1 is 1.30 bits per heavy atom. The van der Waals surface area contributed by atoms with E-state index >= 15 is 0 Å². The number of carbonyl (C=O) groups excluding carboxylic acids is 2. The molecule has 7 heteroatoms. The van der Waals surface area contributed by atoms with Crippen LogP contribution in [-0.4, -0.2) is 41.4 Å². The maximum atomic E-state index is 12.5. The molecule has 27 heavy (non-hydrogen) atoms. The van der Waals surface area contributed by atoms with Gasteiger partial charge in [0.25, 0.3) is 5.91 Å². The zero-order valence-corrected chi connectivity index (χ0v) is 15.6. The molecule has 2 aromatic heterocycles. The molecule has 0 aliphatic heterocycles. The molecule has 0 saturated carbocycles. The molecule has 3 N–H and O–H groups in total. The first-order chi connectivity index (χ1) is 13.2. The summed E-state index contributed by atoms with van der Waals surface area (Å²) in [5.41, 5.74) is 2.35. The number of Topliss-reactive ketones (excluding diaryl/α,β-unsaturated/α-hetero) is 1. The number of nitrogens with zero attached hydrogens (tertiary/aromatic N) is 1. The highest BCUT2D eigenvalue weighted by Gasteiger charge is 2.25. The second-order valence-corrected chi connectivity index (χ2v) is 6.62. The first-order valence-electron chi connectivity index (χ1n) is 9.53. The molecule has 1 aliphatic carbocycles. The average Bonchev–Trinajstić information content (AvgIpc) is 3.11. The van der Waals surface area contributed by atoms with Gasteiger partial charge in [-0.3, -0.25) is 9.59 Å². The van der Waals surface area contributed by atoms with E-state index in [1.165, 1.54) is 0 Å². The SMILES string of the molecule is CCCNCCCOc1ccc(NC(=O)c2c[nH]c3c2C(=O)CCC3)cn1. The molecule has 0 saturated heterocycles. The Labute approximate surface area is 158 Å². The molecule has 0 bridgehead atoms. The van der Waals surface area contributed by atoms with E-state index in [4.69, 9.17) is 4.74 Å². The zero-order chi connectivity index (χ0) is 19.1. The Morgan fingerprint density at radius 3 is 2.96 bits per heavy atom. The van der Waals surface area contributed by atoms with Gasteiger partial charge in [-0.15, -0.1) is 0 Å². The summed E-state index contributed by atoms with van der Waals surface area (Å²) in [6.45, 7) is 4.66. The van der Waals surface area contributed by atoms with E-state index in [1.807, 2.05) is 0 Å². The largest absolute Gasteiger partial charge is 0.478 e. The van der Waals surface area contributed by atoms with Crippen molar-refractivity contribution >= 4 is 17.4 Å². The molecule has 0 spiro atoms. The van der Waals surface area contributed by atoms with E-state index in [0.717, 1.165) is 44.5 Å². The van der Waals surface area contributed by atoms with Gasteiger partial charge in [-0.1, -0.05) is 6.92 Å². The van der Waals surface area contributed by atoms with Crippen molar-refractivity contribution in [1.29, 1.82) is 0 Å². The number of carbonyl (C=O) groups is 2. The number of hydrogen-bond acceptors (Lipinski definition) is 5. The summed E-state index contributed by atoms with van der Waals surface area (Å²) in [4.78, 5) is 31.9. The van der Waals surface area contributed by atoms with Gasteiger partial charge >= 0.3 is 0 Å². The predicted octanol–water partition coefficient (Wildman–Crippen LogP) is 2.95. The molecule has 1 amide bonds. The van der Waals surface area contributed by atoms with Crippen LogP contribution in [0.25, 0.3) is 0 Å². The fourth-order valence-corrected chi connectivity index (χ4v) is 3.13. The third kappa shape index (κ3) is 4.95. The van der Waals surface area contributed by atoms with Crippen molar-refractivity contribution in [3.05, 3.63) is 41.3 Å². The summed E-state index contributed by atoms with van der Waals surface area (Å²) in [7, 11) is 0. The molecule has 1 aliphatic rings. The quantitative estimate of drug-likeness (QED) is 0.590. The zero-order valence-electron chi connectivity index (χ0n) is 15.6. The number of aryl methyl sites for hydroxylation is 1. The normalized spacial score (nSPS) is 13.3. The topological polar surface area (TPSA) is 96.1 Å². The van der Waals surface area contributed by atoms with E-state index < -0.39 is 0 Å². The molecule has 2 aromatic rings. The number of amides is 1. The van der Waals surface area contributed by atoms with Crippen molar-refractivity contribution in [2.45, 2.75) is 39.0 Å². The maximum absolute atomic E-state index is 12.5. The van der Waals surface area contributed by atoms with Gasteiger partial charge in [0.1, 0.15) is 0 Å². The second-order valence-electron chi connectivity index (χ2n) is 6.62. The minimum Gasteiger partial charge on any atom is -0.478 e. The fourth-order valence-electron chi connectivity index (χ4n) is 3.13. The second kappa shape index (κ2) is 9.32. The number of hydrogen-bond donors (Lipinski definition) is 3. The summed E-state index contributed by atoms with van der Waals surface area (Å²) in [5, 5.41) is 6.11. The van der Waals surface area contributed by atoms with Gasteiger partial charge in [0.15, 0.2) is 5.78 Å². The predicted molar refractivity (Wildman–Crippen MR) is 104 cm³/mol. The number of pyridine rings is 1. The van der Waals surface area contributed by atoms with E-state index in [1.54, 1.807) is 24.5 Å². The summed E-state index contributed by atoms with van der Waals surface area (Å²) < 4.78 is 5.59. The van der Waals surface area contributed by atoms with E-state index in [-0.39, 0.29) is 11.7 Å². The lowest BCUT2D eigenvalue weighted by molar-refractivity contribution is 0.0956. The first kappa shape index (κ1) is 19.1. The number of ketones is 1. The molecule has 0 atom stereocenters. The molecule has 0 fully saturated rings. The number of fused-ring (bicyclic) bond motifs is 1. The van der Waals surface area contributed by atoms with Crippen molar-refractivity contribution < 1.29 is 14.3 Å². The number of aromatic amines is 1. The third-order valence-corrected chi connectivity index (χ3v) is 4.48. The highest BCUT2D eigenvalue weighted by Crippen LogP contribution is 2.24. The van der Waals surface area contributed by atoms with Gasteiger partial charge in [0.2, 0.25) is 5.88 Å². The van der Waals surface area contributed by atoms with Crippen LogP contribution >= 0.6 is 0 Å². The van der Waals surface area contributed by atoms with Crippen LogP contribution in [0, 0.1) is 0 Å². The number of aromatic nitrogens is 2. The lowest BCUT2D eigenvalue weighted by Gasteiger charge is -2.12. The van der Waals surface area contributed by atoms with Gasteiger partial charge in [-0.05, 0) is 44.8 Å². The number of H-pyrrole nitrogens is 1. The Morgan fingerprint density at radius 2 is 2.19 bits per heavy atom. The third-order valence-electron chi connectivity index (χ3n) is 4.48. The summed E-state index contributed by atoms with van der Waals surface area (Å²) >= 11 is 0. The van der Waals surface area contributed by atoms with Crippen LogP contribution in [-0.2, 0) is 6.42 Å². The van der Waals surface area contributed by atoms with Crippen LogP contribution in [0.3, 0.4) is 0 Å². The molecule has 0 radical (unpaired) electrons.